The monoisotopic (exact) mass is 337 g/mol. The fourth-order valence-electron chi connectivity index (χ4n) is 2.59. The van der Waals surface area contributed by atoms with E-state index in [0.29, 0.717) is 17.8 Å². The third-order valence-corrected chi connectivity index (χ3v) is 4.21. The third kappa shape index (κ3) is 3.73. The molecular formula is C19H19N3O3. The normalized spacial score (nSPS) is 13.4. The first-order chi connectivity index (χ1) is 12.1. The predicted molar refractivity (Wildman–Crippen MR) is 93.3 cm³/mol. The summed E-state index contributed by atoms with van der Waals surface area (Å²) in [7, 11) is 1.88. The highest BCUT2D eigenvalue weighted by molar-refractivity contribution is 5.95. The number of likely N-dealkylation sites (N-methyl/N-ethyl adjacent to an activating group) is 1. The van der Waals surface area contributed by atoms with E-state index in [1.165, 1.54) is 0 Å². The molecule has 1 aliphatic heterocycles. The number of benzene rings is 2. The number of nitriles is 1. The Morgan fingerprint density at radius 1 is 1.28 bits per heavy atom. The number of amides is 1. The molecule has 0 saturated carbocycles. The van der Waals surface area contributed by atoms with Crippen LogP contribution in [0.5, 0.6) is 11.5 Å². The molecule has 0 unspecified atom stereocenters. The lowest BCUT2D eigenvalue weighted by atomic mass is 10.1. The van der Waals surface area contributed by atoms with E-state index < -0.39 is 0 Å². The van der Waals surface area contributed by atoms with Gasteiger partial charge in [-0.15, -0.1) is 0 Å². The van der Waals surface area contributed by atoms with Gasteiger partial charge in [-0.05, 0) is 43.8 Å². The van der Waals surface area contributed by atoms with E-state index in [1.807, 2.05) is 37.1 Å². The summed E-state index contributed by atoms with van der Waals surface area (Å²) in [5, 5.41) is 11.9. The van der Waals surface area contributed by atoms with Crippen LogP contribution < -0.4 is 14.8 Å². The predicted octanol–water partition coefficient (Wildman–Crippen LogP) is 2.75. The molecule has 2 aromatic rings. The highest BCUT2D eigenvalue weighted by atomic mass is 16.7. The van der Waals surface area contributed by atoms with Crippen molar-refractivity contribution in [2.24, 2.45) is 0 Å². The Morgan fingerprint density at radius 2 is 2.04 bits per heavy atom. The lowest BCUT2D eigenvalue weighted by Gasteiger charge is -2.24. The van der Waals surface area contributed by atoms with Crippen LogP contribution >= 0.6 is 0 Å². The van der Waals surface area contributed by atoms with Crippen molar-refractivity contribution in [3.63, 3.8) is 0 Å². The SMILES string of the molecule is C[C@H](C(=O)Nc1ccccc1C#N)N(C)Cc1ccc2c(c1)OCO2. The third-order valence-electron chi connectivity index (χ3n) is 4.21. The van der Waals surface area contributed by atoms with Crippen LogP contribution in [0.2, 0.25) is 0 Å². The lowest BCUT2D eigenvalue weighted by molar-refractivity contribution is -0.120. The van der Waals surface area contributed by atoms with Gasteiger partial charge in [-0.1, -0.05) is 18.2 Å². The van der Waals surface area contributed by atoms with Crippen molar-refractivity contribution in [1.82, 2.24) is 4.90 Å². The van der Waals surface area contributed by atoms with E-state index in [1.54, 1.807) is 24.3 Å². The second-order valence-corrected chi connectivity index (χ2v) is 5.93. The van der Waals surface area contributed by atoms with Gasteiger partial charge < -0.3 is 14.8 Å². The molecule has 1 N–H and O–H groups in total. The van der Waals surface area contributed by atoms with Crippen molar-refractivity contribution in [2.75, 3.05) is 19.2 Å². The highest BCUT2D eigenvalue weighted by Crippen LogP contribution is 2.32. The summed E-state index contributed by atoms with van der Waals surface area (Å²) in [5.74, 6) is 1.31. The lowest BCUT2D eigenvalue weighted by Crippen LogP contribution is -2.39. The molecule has 1 amide bonds. The minimum absolute atomic E-state index is 0.161. The smallest absolute Gasteiger partial charge is 0.241 e. The number of anilines is 1. The molecule has 1 atom stereocenters. The van der Waals surface area contributed by atoms with Crippen molar-refractivity contribution in [3.8, 4) is 17.6 Å². The minimum Gasteiger partial charge on any atom is -0.454 e. The number of hydrogen-bond donors (Lipinski definition) is 1. The van der Waals surface area contributed by atoms with Crippen LogP contribution in [0.1, 0.15) is 18.1 Å². The van der Waals surface area contributed by atoms with E-state index in [0.717, 1.165) is 17.1 Å². The molecule has 0 aromatic heterocycles. The molecule has 2 aromatic carbocycles. The summed E-state index contributed by atoms with van der Waals surface area (Å²) in [6.07, 6.45) is 0. The van der Waals surface area contributed by atoms with Gasteiger partial charge in [-0.25, -0.2) is 0 Å². The topological polar surface area (TPSA) is 74.6 Å². The van der Waals surface area contributed by atoms with Gasteiger partial charge in [-0.2, -0.15) is 5.26 Å². The molecular weight excluding hydrogens is 318 g/mol. The Morgan fingerprint density at radius 3 is 2.84 bits per heavy atom. The van der Waals surface area contributed by atoms with Gasteiger partial charge in [-0.3, -0.25) is 9.69 Å². The van der Waals surface area contributed by atoms with Crippen molar-refractivity contribution in [1.29, 1.82) is 5.26 Å². The van der Waals surface area contributed by atoms with Crippen molar-refractivity contribution < 1.29 is 14.3 Å². The molecule has 0 saturated heterocycles. The molecule has 25 heavy (non-hydrogen) atoms. The van der Waals surface area contributed by atoms with E-state index >= 15 is 0 Å². The van der Waals surface area contributed by atoms with Gasteiger partial charge in [0.05, 0.1) is 17.3 Å². The quantitative estimate of drug-likeness (QED) is 0.908. The number of ether oxygens (including phenoxy) is 2. The fourth-order valence-corrected chi connectivity index (χ4v) is 2.59. The Bertz CT molecular complexity index is 829. The van der Waals surface area contributed by atoms with Crippen LogP contribution in [-0.2, 0) is 11.3 Å². The highest BCUT2D eigenvalue weighted by Gasteiger charge is 2.20. The van der Waals surface area contributed by atoms with Gasteiger partial charge in [0.15, 0.2) is 11.5 Å². The molecule has 6 heteroatoms. The molecule has 0 radical (unpaired) electrons. The van der Waals surface area contributed by atoms with Gasteiger partial charge in [0.25, 0.3) is 0 Å². The molecule has 6 nitrogen and oxygen atoms in total. The Hall–Kier alpha value is -3.04. The van der Waals surface area contributed by atoms with E-state index in [2.05, 4.69) is 11.4 Å². The van der Waals surface area contributed by atoms with Crippen LogP contribution in [0, 0.1) is 11.3 Å². The minimum atomic E-state index is -0.364. The van der Waals surface area contributed by atoms with Crippen LogP contribution in [0.15, 0.2) is 42.5 Å². The number of carbonyl (C=O) groups excluding carboxylic acids is 1. The van der Waals surface area contributed by atoms with Crippen molar-refractivity contribution in [2.45, 2.75) is 19.5 Å². The molecule has 0 aliphatic carbocycles. The van der Waals surface area contributed by atoms with Gasteiger partial charge in [0, 0.05) is 6.54 Å². The first kappa shape index (κ1) is 16.8. The Labute approximate surface area is 146 Å². The molecule has 128 valence electrons. The van der Waals surface area contributed by atoms with Gasteiger partial charge >= 0.3 is 0 Å². The average molecular weight is 337 g/mol. The summed E-state index contributed by atoms with van der Waals surface area (Å²) in [6, 6.07) is 14.4. The second-order valence-electron chi connectivity index (χ2n) is 5.93. The number of rotatable bonds is 5. The standard InChI is InChI=1S/C19H19N3O3/c1-13(19(23)21-16-6-4-3-5-15(16)10-20)22(2)11-14-7-8-17-18(9-14)25-12-24-17/h3-9,13H,11-12H2,1-2H3,(H,21,23)/t13-/m1/s1. The van der Waals surface area contributed by atoms with Gasteiger partial charge in [0.1, 0.15) is 6.07 Å². The maximum absolute atomic E-state index is 12.5. The number of para-hydroxylation sites is 1. The molecule has 0 bridgehead atoms. The summed E-state index contributed by atoms with van der Waals surface area (Å²) in [6.45, 7) is 2.66. The Balaban J connectivity index is 1.64. The largest absolute Gasteiger partial charge is 0.454 e. The molecule has 0 fully saturated rings. The first-order valence-electron chi connectivity index (χ1n) is 7.97. The molecule has 1 heterocycles. The average Bonchev–Trinajstić information content (AvgIpc) is 3.09. The van der Waals surface area contributed by atoms with E-state index in [4.69, 9.17) is 14.7 Å². The van der Waals surface area contributed by atoms with Crippen LogP contribution in [0.3, 0.4) is 0 Å². The van der Waals surface area contributed by atoms with Crippen molar-refractivity contribution in [3.05, 3.63) is 53.6 Å². The summed E-state index contributed by atoms with van der Waals surface area (Å²) >= 11 is 0. The number of nitrogens with one attached hydrogen (secondary N) is 1. The number of carbonyl (C=O) groups is 1. The Kier molecular flexibility index (Phi) is 4.87. The molecule has 1 aliphatic rings. The summed E-state index contributed by atoms with van der Waals surface area (Å²) in [4.78, 5) is 14.4. The first-order valence-corrected chi connectivity index (χ1v) is 7.97. The second kappa shape index (κ2) is 7.24. The van der Waals surface area contributed by atoms with Gasteiger partial charge in [0.2, 0.25) is 12.7 Å². The zero-order chi connectivity index (χ0) is 17.8. The van der Waals surface area contributed by atoms with Crippen LogP contribution in [-0.4, -0.2) is 30.7 Å². The maximum Gasteiger partial charge on any atom is 0.241 e. The summed E-state index contributed by atoms with van der Waals surface area (Å²) in [5.41, 5.74) is 2.00. The number of fused-ring (bicyclic) bond motifs is 1. The fraction of sp³-hybridized carbons (Fsp3) is 0.263. The molecule has 3 rings (SSSR count). The van der Waals surface area contributed by atoms with E-state index in [9.17, 15) is 4.79 Å². The van der Waals surface area contributed by atoms with Crippen LogP contribution in [0.25, 0.3) is 0 Å². The number of hydrogen-bond acceptors (Lipinski definition) is 5. The zero-order valence-electron chi connectivity index (χ0n) is 14.2. The number of nitrogens with zero attached hydrogens (tertiary/aromatic N) is 2. The van der Waals surface area contributed by atoms with Crippen LogP contribution in [0.4, 0.5) is 5.69 Å². The maximum atomic E-state index is 12.5. The zero-order valence-corrected chi connectivity index (χ0v) is 14.2. The van der Waals surface area contributed by atoms with Crippen molar-refractivity contribution >= 4 is 11.6 Å². The summed E-state index contributed by atoms with van der Waals surface area (Å²) < 4.78 is 10.7. The molecule has 0 spiro atoms. The van der Waals surface area contributed by atoms with E-state index in [-0.39, 0.29) is 18.7 Å².